The highest BCUT2D eigenvalue weighted by Gasteiger charge is 2.30. The lowest BCUT2D eigenvalue weighted by Crippen LogP contribution is -2.38. The lowest BCUT2D eigenvalue weighted by atomic mass is 9.98. The molecule has 3 N–H and O–H groups in total. The van der Waals surface area contributed by atoms with Gasteiger partial charge in [0.2, 0.25) is 5.91 Å². The van der Waals surface area contributed by atoms with Gasteiger partial charge in [0, 0.05) is 13.1 Å². The van der Waals surface area contributed by atoms with Gasteiger partial charge in [-0.15, -0.1) is 6.58 Å². The van der Waals surface area contributed by atoms with Crippen LogP contribution >= 0.6 is 0 Å². The lowest BCUT2D eigenvalue weighted by Gasteiger charge is -2.19. The third kappa shape index (κ3) is 8.22. The summed E-state index contributed by atoms with van der Waals surface area (Å²) in [4.78, 5) is 24.4. The van der Waals surface area contributed by atoms with Crippen molar-refractivity contribution in [3.05, 3.63) is 77.4 Å². The van der Waals surface area contributed by atoms with Crippen LogP contribution < -0.4 is 15.4 Å². The van der Waals surface area contributed by atoms with Crippen LogP contribution in [-0.2, 0) is 22.3 Å². The summed E-state index contributed by atoms with van der Waals surface area (Å²) in [6.07, 6.45) is -4.15. The molecule has 0 aromatic heterocycles. The van der Waals surface area contributed by atoms with Gasteiger partial charge in [0.25, 0.3) is 5.91 Å². The molecule has 2 amide bonds. The number of nitrogens with one attached hydrogen (secondary N) is 2. The Morgan fingerprint density at radius 2 is 1.76 bits per heavy atom. The van der Waals surface area contributed by atoms with Crippen LogP contribution in [0.1, 0.15) is 28.7 Å². The first kappa shape index (κ1) is 26.9. The summed E-state index contributed by atoms with van der Waals surface area (Å²) in [6.45, 7) is 7.42. The fraction of sp³-hybridized carbons (Fsp3) is 0.360. The van der Waals surface area contributed by atoms with Crippen LogP contribution in [0.2, 0.25) is 0 Å². The number of carbonyl (C=O) groups excluding carboxylic acids is 2. The third-order valence-electron chi connectivity index (χ3n) is 5.33. The van der Waals surface area contributed by atoms with Crippen LogP contribution in [-0.4, -0.2) is 36.2 Å². The van der Waals surface area contributed by atoms with Gasteiger partial charge in [0.05, 0.1) is 17.6 Å². The standard InChI is InChI=1S/C25H29F3N2O4/c1-4-21(24(33)30-14-18-6-8-19(9-7-18)25(26,27)28)22(31)11-12-29-23(32)15-34-20-10-5-16(2)17(3)13-20/h4-10,13,21-22,31H,1,11-12,14-15H2,2-3H3,(H,29,32)(H,30,33). The molecule has 0 aliphatic rings. The zero-order valence-electron chi connectivity index (χ0n) is 19.1. The van der Waals surface area contributed by atoms with Crippen molar-refractivity contribution in [2.24, 2.45) is 5.92 Å². The van der Waals surface area contributed by atoms with Crippen LogP contribution in [0.4, 0.5) is 13.2 Å². The minimum absolute atomic E-state index is 0.000585. The average Bonchev–Trinajstić information content (AvgIpc) is 2.78. The summed E-state index contributed by atoms with van der Waals surface area (Å²) in [5, 5.41) is 15.5. The molecule has 0 aliphatic carbocycles. The second-order valence-electron chi connectivity index (χ2n) is 7.91. The number of hydrogen-bond acceptors (Lipinski definition) is 4. The number of aliphatic hydroxyl groups is 1. The number of amides is 2. The molecule has 184 valence electrons. The van der Waals surface area contributed by atoms with Gasteiger partial charge in [-0.05, 0) is 61.2 Å². The van der Waals surface area contributed by atoms with Crippen molar-refractivity contribution in [3.8, 4) is 5.75 Å². The van der Waals surface area contributed by atoms with E-state index in [1.54, 1.807) is 6.07 Å². The fourth-order valence-corrected chi connectivity index (χ4v) is 3.10. The van der Waals surface area contributed by atoms with Crippen LogP contribution in [0.3, 0.4) is 0 Å². The van der Waals surface area contributed by atoms with E-state index in [1.165, 1.54) is 18.2 Å². The molecule has 2 aromatic rings. The minimum atomic E-state index is -4.43. The quantitative estimate of drug-likeness (QED) is 0.430. The van der Waals surface area contributed by atoms with Crippen molar-refractivity contribution in [3.63, 3.8) is 0 Å². The maximum atomic E-state index is 12.6. The van der Waals surface area contributed by atoms with E-state index in [4.69, 9.17) is 4.74 Å². The van der Waals surface area contributed by atoms with E-state index in [9.17, 15) is 27.9 Å². The third-order valence-corrected chi connectivity index (χ3v) is 5.33. The molecular formula is C25H29F3N2O4. The number of hydrogen-bond donors (Lipinski definition) is 3. The molecule has 2 aromatic carbocycles. The number of halogens is 3. The predicted molar refractivity (Wildman–Crippen MR) is 122 cm³/mol. The van der Waals surface area contributed by atoms with Gasteiger partial charge in [-0.3, -0.25) is 9.59 Å². The molecule has 2 unspecified atom stereocenters. The van der Waals surface area contributed by atoms with Crippen LogP contribution in [0.25, 0.3) is 0 Å². The van der Waals surface area contributed by atoms with E-state index >= 15 is 0 Å². The Morgan fingerprint density at radius 3 is 2.35 bits per heavy atom. The molecule has 0 radical (unpaired) electrons. The van der Waals surface area contributed by atoms with Crippen LogP contribution in [0.5, 0.6) is 5.75 Å². The number of aryl methyl sites for hydroxylation is 2. The molecule has 0 spiro atoms. The van der Waals surface area contributed by atoms with E-state index in [0.29, 0.717) is 11.3 Å². The Kier molecular flexibility index (Phi) is 9.68. The van der Waals surface area contributed by atoms with Gasteiger partial charge in [-0.1, -0.05) is 24.3 Å². The summed E-state index contributed by atoms with van der Waals surface area (Å²) in [5.74, 6) is -1.26. The Balaban J connectivity index is 1.74. The summed E-state index contributed by atoms with van der Waals surface area (Å²) in [6, 6.07) is 9.94. The number of rotatable bonds is 11. The van der Waals surface area contributed by atoms with Gasteiger partial charge in [0.15, 0.2) is 6.61 Å². The number of carbonyl (C=O) groups is 2. The highest BCUT2D eigenvalue weighted by atomic mass is 19.4. The molecule has 0 aliphatic heterocycles. The summed E-state index contributed by atoms with van der Waals surface area (Å²) >= 11 is 0. The highest BCUT2D eigenvalue weighted by Crippen LogP contribution is 2.29. The van der Waals surface area contributed by atoms with Gasteiger partial charge in [0.1, 0.15) is 5.75 Å². The zero-order valence-corrected chi connectivity index (χ0v) is 19.1. The average molecular weight is 479 g/mol. The van der Waals surface area contributed by atoms with Crippen molar-refractivity contribution < 1.29 is 32.6 Å². The largest absolute Gasteiger partial charge is 0.484 e. The van der Waals surface area contributed by atoms with Gasteiger partial charge in [-0.25, -0.2) is 0 Å². The van der Waals surface area contributed by atoms with Gasteiger partial charge >= 0.3 is 6.18 Å². The maximum Gasteiger partial charge on any atom is 0.416 e. The van der Waals surface area contributed by atoms with Crippen molar-refractivity contribution in [1.82, 2.24) is 10.6 Å². The molecular weight excluding hydrogens is 449 g/mol. The summed E-state index contributed by atoms with van der Waals surface area (Å²) in [5.41, 5.74) is 1.87. The topological polar surface area (TPSA) is 87.7 Å². The monoisotopic (exact) mass is 478 g/mol. The SMILES string of the molecule is C=CC(C(=O)NCc1ccc(C(F)(F)F)cc1)C(O)CCNC(=O)COc1ccc(C)c(C)c1. The van der Waals surface area contributed by atoms with Crippen LogP contribution in [0, 0.1) is 19.8 Å². The smallest absolute Gasteiger partial charge is 0.416 e. The van der Waals surface area contributed by atoms with E-state index < -0.39 is 29.7 Å². The number of benzene rings is 2. The lowest BCUT2D eigenvalue weighted by molar-refractivity contribution is -0.137. The highest BCUT2D eigenvalue weighted by molar-refractivity contribution is 5.81. The predicted octanol–water partition coefficient (Wildman–Crippen LogP) is 3.69. The molecule has 0 bridgehead atoms. The summed E-state index contributed by atoms with van der Waals surface area (Å²) < 4.78 is 43.3. The molecule has 2 rings (SSSR count). The molecule has 6 nitrogen and oxygen atoms in total. The first-order chi connectivity index (χ1) is 16.0. The second-order valence-corrected chi connectivity index (χ2v) is 7.91. The van der Waals surface area contributed by atoms with Crippen molar-refractivity contribution in [2.45, 2.75) is 39.1 Å². The Labute approximate surface area is 196 Å². The van der Waals surface area contributed by atoms with Gasteiger partial charge < -0.3 is 20.5 Å². The van der Waals surface area contributed by atoms with E-state index in [0.717, 1.165) is 23.3 Å². The fourth-order valence-electron chi connectivity index (χ4n) is 3.10. The zero-order chi connectivity index (χ0) is 25.3. The molecule has 0 heterocycles. The van der Waals surface area contributed by atoms with Crippen molar-refractivity contribution >= 4 is 11.8 Å². The first-order valence-electron chi connectivity index (χ1n) is 10.7. The molecule has 2 atom stereocenters. The van der Waals surface area contributed by atoms with Crippen LogP contribution in [0.15, 0.2) is 55.1 Å². The Bertz CT molecular complexity index is 991. The maximum absolute atomic E-state index is 12.6. The Hall–Kier alpha value is -3.33. The normalized spacial score (nSPS) is 13.0. The van der Waals surface area contributed by atoms with E-state index in [1.807, 2.05) is 26.0 Å². The summed E-state index contributed by atoms with van der Waals surface area (Å²) in [7, 11) is 0. The molecule has 34 heavy (non-hydrogen) atoms. The Morgan fingerprint density at radius 1 is 1.09 bits per heavy atom. The molecule has 0 fully saturated rings. The van der Waals surface area contributed by atoms with Crippen molar-refractivity contribution in [1.29, 1.82) is 0 Å². The minimum Gasteiger partial charge on any atom is -0.484 e. The first-order valence-corrected chi connectivity index (χ1v) is 10.7. The molecule has 9 heteroatoms. The van der Waals surface area contributed by atoms with E-state index in [2.05, 4.69) is 17.2 Å². The van der Waals surface area contributed by atoms with E-state index in [-0.39, 0.29) is 32.0 Å². The number of aliphatic hydroxyl groups excluding tert-OH is 1. The number of ether oxygens (including phenoxy) is 1. The molecule has 0 saturated carbocycles. The molecule has 0 saturated heterocycles. The van der Waals surface area contributed by atoms with Crippen molar-refractivity contribution in [2.75, 3.05) is 13.2 Å². The van der Waals surface area contributed by atoms with Gasteiger partial charge in [-0.2, -0.15) is 13.2 Å². The second kappa shape index (κ2) is 12.2. The number of alkyl halides is 3.